The maximum atomic E-state index is 11.9. The number of imide groups is 1. The van der Waals surface area contributed by atoms with Crippen LogP contribution in [0, 0.1) is 6.92 Å². The standard InChI is InChI=1S/C26H19NO5S/c1-16-5-7-17(8-6-16)13-22(25(29)30)19-3-2-4-21(15-19)32-20-11-9-18(10-12-20)14-23-24(28)27-26(31)33-23/h2-15H,1H3,(H,29,30)(H,27,28,31)/b22-13+,23-14-. The minimum Gasteiger partial charge on any atom is -0.478 e. The Bertz CT molecular complexity index is 1290. The number of carboxylic acids is 1. The molecule has 33 heavy (non-hydrogen) atoms. The second kappa shape index (κ2) is 9.58. The summed E-state index contributed by atoms with van der Waals surface area (Å²) in [7, 11) is 0. The molecule has 4 rings (SSSR count). The molecule has 0 aromatic heterocycles. The number of carbonyl (C=O) groups excluding carboxylic acids is 2. The highest BCUT2D eigenvalue weighted by Gasteiger charge is 2.24. The Hall–Kier alpha value is -4.10. The summed E-state index contributed by atoms with van der Waals surface area (Å²) in [5, 5.41) is 11.6. The fourth-order valence-electron chi connectivity index (χ4n) is 3.17. The second-order valence-corrected chi connectivity index (χ2v) is 8.34. The Morgan fingerprint density at radius 3 is 2.27 bits per heavy atom. The molecule has 7 heteroatoms. The van der Waals surface area contributed by atoms with Crippen molar-refractivity contribution in [2.75, 3.05) is 0 Å². The lowest BCUT2D eigenvalue weighted by molar-refractivity contribution is -0.130. The predicted molar refractivity (Wildman–Crippen MR) is 129 cm³/mol. The van der Waals surface area contributed by atoms with Gasteiger partial charge in [-0.05, 0) is 71.8 Å². The summed E-state index contributed by atoms with van der Waals surface area (Å²) in [6.45, 7) is 1.97. The van der Waals surface area contributed by atoms with Gasteiger partial charge in [-0.2, -0.15) is 0 Å². The minimum atomic E-state index is -1.03. The Morgan fingerprint density at radius 2 is 1.64 bits per heavy atom. The van der Waals surface area contributed by atoms with Crippen LogP contribution in [-0.2, 0) is 9.59 Å². The van der Waals surface area contributed by atoms with Gasteiger partial charge in [0.05, 0.1) is 10.5 Å². The number of ether oxygens (including phenoxy) is 1. The molecule has 1 aliphatic rings. The van der Waals surface area contributed by atoms with E-state index in [2.05, 4.69) is 5.32 Å². The molecule has 0 atom stereocenters. The van der Waals surface area contributed by atoms with Crippen LogP contribution in [0.5, 0.6) is 11.5 Å². The summed E-state index contributed by atoms with van der Waals surface area (Å²) in [6, 6.07) is 21.5. The van der Waals surface area contributed by atoms with Crippen molar-refractivity contribution in [3.63, 3.8) is 0 Å². The van der Waals surface area contributed by atoms with E-state index in [-0.39, 0.29) is 10.8 Å². The Kier molecular flexibility index (Phi) is 6.42. The fourth-order valence-corrected chi connectivity index (χ4v) is 3.85. The zero-order valence-corrected chi connectivity index (χ0v) is 18.4. The van der Waals surface area contributed by atoms with E-state index in [1.807, 2.05) is 31.2 Å². The quantitative estimate of drug-likeness (QED) is 0.362. The van der Waals surface area contributed by atoms with E-state index in [0.717, 1.165) is 28.5 Å². The van der Waals surface area contributed by atoms with E-state index in [1.165, 1.54) is 0 Å². The molecule has 1 aliphatic heterocycles. The number of carbonyl (C=O) groups is 3. The number of aryl methyl sites for hydroxylation is 1. The number of aliphatic carboxylic acids is 1. The number of thioether (sulfide) groups is 1. The zero-order chi connectivity index (χ0) is 23.4. The second-order valence-electron chi connectivity index (χ2n) is 7.33. The van der Waals surface area contributed by atoms with Crippen molar-refractivity contribution in [3.05, 3.63) is 100.0 Å². The summed E-state index contributed by atoms with van der Waals surface area (Å²) < 4.78 is 5.90. The molecule has 6 nitrogen and oxygen atoms in total. The summed E-state index contributed by atoms with van der Waals surface area (Å²) >= 11 is 0.860. The van der Waals surface area contributed by atoms with Crippen LogP contribution in [0.25, 0.3) is 17.7 Å². The summed E-state index contributed by atoms with van der Waals surface area (Å²) in [4.78, 5) is 35.2. The van der Waals surface area contributed by atoms with Gasteiger partial charge in [-0.25, -0.2) is 4.79 Å². The molecular formula is C26H19NO5S. The molecule has 3 aromatic carbocycles. The molecule has 2 N–H and O–H groups in total. The van der Waals surface area contributed by atoms with Crippen LogP contribution in [0.3, 0.4) is 0 Å². The first-order valence-corrected chi connectivity index (χ1v) is 10.8. The molecule has 0 radical (unpaired) electrons. The van der Waals surface area contributed by atoms with E-state index >= 15 is 0 Å². The summed E-state index contributed by atoms with van der Waals surface area (Å²) in [6.07, 6.45) is 3.26. The minimum absolute atomic E-state index is 0.160. The summed E-state index contributed by atoms with van der Waals surface area (Å²) in [5.74, 6) is -0.397. The molecule has 0 spiro atoms. The Balaban J connectivity index is 1.53. The van der Waals surface area contributed by atoms with Gasteiger partial charge in [-0.15, -0.1) is 0 Å². The molecule has 0 bridgehead atoms. The highest BCUT2D eigenvalue weighted by molar-refractivity contribution is 8.18. The molecule has 3 aromatic rings. The van der Waals surface area contributed by atoms with Crippen LogP contribution in [0.2, 0.25) is 0 Å². The lowest BCUT2D eigenvalue weighted by atomic mass is 10.0. The van der Waals surface area contributed by atoms with Gasteiger partial charge in [0.2, 0.25) is 0 Å². The average Bonchev–Trinajstić information content (AvgIpc) is 3.11. The molecule has 0 saturated carbocycles. The SMILES string of the molecule is Cc1ccc(/C=C(/C(=O)O)c2cccc(Oc3ccc(/C=C4\SC(=O)NC4=O)cc3)c2)cc1. The monoisotopic (exact) mass is 457 g/mol. The van der Waals surface area contributed by atoms with Gasteiger partial charge in [0.25, 0.3) is 11.1 Å². The Labute approximate surface area is 194 Å². The molecule has 1 fully saturated rings. The van der Waals surface area contributed by atoms with E-state index < -0.39 is 11.9 Å². The molecule has 0 aliphatic carbocycles. The topological polar surface area (TPSA) is 92.7 Å². The van der Waals surface area contributed by atoms with Crippen LogP contribution < -0.4 is 10.1 Å². The van der Waals surface area contributed by atoms with Gasteiger partial charge in [0.1, 0.15) is 11.5 Å². The van der Waals surface area contributed by atoms with Crippen LogP contribution in [0.15, 0.2) is 77.7 Å². The maximum Gasteiger partial charge on any atom is 0.336 e. The molecule has 1 heterocycles. The van der Waals surface area contributed by atoms with E-state index in [4.69, 9.17) is 4.74 Å². The third kappa shape index (κ3) is 5.58. The fraction of sp³-hybridized carbons (Fsp3) is 0.0385. The first-order chi connectivity index (χ1) is 15.9. The van der Waals surface area contributed by atoms with Gasteiger partial charge < -0.3 is 9.84 Å². The van der Waals surface area contributed by atoms with Gasteiger partial charge in [-0.1, -0.05) is 54.1 Å². The lowest BCUT2D eigenvalue weighted by Crippen LogP contribution is -2.17. The Morgan fingerprint density at radius 1 is 0.939 bits per heavy atom. The smallest absolute Gasteiger partial charge is 0.336 e. The van der Waals surface area contributed by atoms with Gasteiger partial charge in [-0.3, -0.25) is 14.9 Å². The highest BCUT2D eigenvalue weighted by atomic mass is 32.2. The van der Waals surface area contributed by atoms with E-state index in [9.17, 15) is 19.5 Å². The van der Waals surface area contributed by atoms with Crippen LogP contribution in [0.1, 0.15) is 22.3 Å². The number of hydrogen-bond donors (Lipinski definition) is 2. The van der Waals surface area contributed by atoms with Crippen molar-refractivity contribution < 1.29 is 24.2 Å². The maximum absolute atomic E-state index is 11.9. The van der Waals surface area contributed by atoms with Crippen molar-refractivity contribution in [3.8, 4) is 11.5 Å². The number of rotatable bonds is 6. The van der Waals surface area contributed by atoms with Crippen molar-refractivity contribution in [2.24, 2.45) is 0 Å². The molecule has 0 unspecified atom stereocenters. The average molecular weight is 458 g/mol. The van der Waals surface area contributed by atoms with Crippen molar-refractivity contribution in [2.45, 2.75) is 6.92 Å². The largest absolute Gasteiger partial charge is 0.478 e. The first-order valence-electron chi connectivity index (χ1n) is 10.0. The third-order valence-electron chi connectivity index (χ3n) is 4.82. The van der Waals surface area contributed by atoms with Crippen molar-refractivity contribution >= 4 is 46.6 Å². The predicted octanol–water partition coefficient (Wildman–Crippen LogP) is 5.74. The van der Waals surface area contributed by atoms with Crippen LogP contribution >= 0.6 is 11.8 Å². The number of nitrogens with one attached hydrogen (secondary N) is 1. The van der Waals surface area contributed by atoms with E-state index in [0.29, 0.717) is 22.0 Å². The molecular weight excluding hydrogens is 438 g/mol. The molecule has 1 saturated heterocycles. The lowest BCUT2D eigenvalue weighted by Gasteiger charge is -2.09. The zero-order valence-electron chi connectivity index (χ0n) is 17.6. The van der Waals surface area contributed by atoms with Gasteiger partial charge >= 0.3 is 5.97 Å². The van der Waals surface area contributed by atoms with Crippen LogP contribution in [0.4, 0.5) is 4.79 Å². The number of benzene rings is 3. The number of hydrogen-bond acceptors (Lipinski definition) is 5. The van der Waals surface area contributed by atoms with Crippen molar-refractivity contribution in [1.82, 2.24) is 5.32 Å². The molecule has 2 amide bonds. The number of amides is 2. The van der Waals surface area contributed by atoms with Crippen molar-refractivity contribution in [1.29, 1.82) is 0 Å². The van der Waals surface area contributed by atoms with Gasteiger partial charge in [0, 0.05) is 0 Å². The summed E-state index contributed by atoms with van der Waals surface area (Å²) in [5.41, 5.74) is 3.33. The highest BCUT2D eigenvalue weighted by Crippen LogP contribution is 2.29. The number of carboxylic acid groups (broad SMARTS) is 1. The van der Waals surface area contributed by atoms with Crippen LogP contribution in [-0.4, -0.2) is 22.2 Å². The first kappa shape index (κ1) is 22.1. The third-order valence-corrected chi connectivity index (χ3v) is 5.63. The van der Waals surface area contributed by atoms with E-state index in [1.54, 1.807) is 60.7 Å². The van der Waals surface area contributed by atoms with Gasteiger partial charge in [0.15, 0.2) is 0 Å². The normalized spacial score (nSPS) is 14.9. The molecule has 164 valence electrons.